The molecule has 0 aliphatic heterocycles. The first-order valence-electron chi connectivity index (χ1n) is 9.88. The van der Waals surface area contributed by atoms with Gasteiger partial charge in [-0.1, -0.05) is 60.2 Å². The zero-order chi connectivity index (χ0) is 20.4. The molecule has 1 atom stereocenters. The van der Waals surface area contributed by atoms with Crippen LogP contribution >= 0.6 is 0 Å². The number of hydrogen-bond donors (Lipinski definition) is 1. The zero-order valence-corrected chi connectivity index (χ0v) is 17.9. The van der Waals surface area contributed by atoms with Gasteiger partial charge in [0.15, 0.2) is 0 Å². The quantitative estimate of drug-likeness (QED) is 0.501. The van der Waals surface area contributed by atoms with Gasteiger partial charge in [0.2, 0.25) is 6.33 Å². The number of aromatic amines is 1. The highest BCUT2D eigenvalue weighted by Gasteiger charge is 2.27. The molecule has 0 radical (unpaired) electrons. The number of allylic oxidation sites excluding steroid dienone is 4. The Hall–Kier alpha value is -2.63. The van der Waals surface area contributed by atoms with Gasteiger partial charge in [0.05, 0.1) is 23.3 Å². The predicted molar refractivity (Wildman–Crippen MR) is 118 cm³/mol. The van der Waals surface area contributed by atoms with Gasteiger partial charge in [-0.2, -0.15) is 4.57 Å². The molecule has 1 aliphatic rings. The SMILES string of the molecule is Cc1ccc(C[S+]([O-])c2n[nH]c[n+]2C)c(-c2cccc(C)c2C2=CC=CCC2)c1. The van der Waals surface area contributed by atoms with E-state index in [1.165, 1.54) is 27.8 Å². The lowest BCUT2D eigenvalue weighted by Crippen LogP contribution is -2.33. The molecular formula is C24H26N3OS+. The highest BCUT2D eigenvalue weighted by molar-refractivity contribution is 7.90. The van der Waals surface area contributed by atoms with E-state index < -0.39 is 11.2 Å². The largest absolute Gasteiger partial charge is 0.606 e. The van der Waals surface area contributed by atoms with Crippen LogP contribution in [-0.2, 0) is 24.0 Å². The second-order valence-corrected chi connectivity index (χ2v) is 8.92. The van der Waals surface area contributed by atoms with Crippen molar-refractivity contribution in [2.75, 3.05) is 0 Å². The number of nitrogens with one attached hydrogen (secondary N) is 1. The van der Waals surface area contributed by atoms with Gasteiger partial charge in [-0.15, -0.1) is 5.10 Å². The molecule has 5 heteroatoms. The number of H-pyrrole nitrogens is 1. The van der Waals surface area contributed by atoms with E-state index >= 15 is 0 Å². The number of aryl methyl sites for hydroxylation is 3. The van der Waals surface area contributed by atoms with Crippen LogP contribution in [0.15, 0.2) is 66.1 Å². The molecule has 29 heavy (non-hydrogen) atoms. The van der Waals surface area contributed by atoms with Gasteiger partial charge in [-0.25, -0.2) is 0 Å². The standard InChI is InChI=1S/C24H25N3OS/c1-17-12-13-20(15-29(28)24-26-25-16-27(24)3)22(14-17)21-11-7-8-18(2)23(21)19-9-5-4-6-10-19/h4-5,7-9,11-14,16H,6,10,15H2,1-3H3/p+1. The minimum absolute atomic E-state index is 0.431. The summed E-state index contributed by atoms with van der Waals surface area (Å²) in [4.78, 5) is 0. The van der Waals surface area contributed by atoms with Crippen LogP contribution in [-0.4, -0.2) is 14.8 Å². The molecule has 1 aromatic heterocycles. The van der Waals surface area contributed by atoms with E-state index in [1.54, 1.807) is 10.9 Å². The van der Waals surface area contributed by atoms with Gasteiger partial charge in [0.1, 0.15) is 5.75 Å². The van der Waals surface area contributed by atoms with Crippen molar-refractivity contribution in [1.82, 2.24) is 10.2 Å². The lowest BCUT2D eigenvalue weighted by Gasteiger charge is -2.20. The molecule has 148 valence electrons. The van der Waals surface area contributed by atoms with Crippen LogP contribution in [0.5, 0.6) is 0 Å². The summed E-state index contributed by atoms with van der Waals surface area (Å²) in [5.41, 5.74) is 8.60. The summed E-state index contributed by atoms with van der Waals surface area (Å²) >= 11 is -1.23. The van der Waals surface area contributed by atoms with Gasteiger partial charge >= 0.3 is 5.16 Å². The van der Waals surface area contributed by atoms with E-state index in [1.807, 2.05) is 7.05 Å². The molecule has 1 heterocycles. The lowest BCUT2D eigenvalue weighted by molar-refractivity contribution is -0.710. The number of nitrogens with zero attached hydrogens (tertiary/aromatic N) is 2. The van der Waals surface area contributed by atoms with Crippen molar-refractivity contribution in [2.24, 2.45) is 7.05 Å². The molecule has 0 saturated carbocycles. The van der Waals surface area contributed by atoms with E-state index in [4.69, 9.17) is 0 Å². The van der Waals surface area contributed by atoms with Crippen LogP contribution in [0.2, 0.25) is 0 Å². The minimum atomic E-state index is -1.23. The summed E-state index contributed by atoms with van der Waals surface area (Å²) in [7, 11) is 1.86. The summed E-state index contributed by atoms with van der Waals surface area (Å²) in [6.45, 7) is 4.28. The maximum atomic E-state index is 13.0. The fourth-order valence-corrected chi connectivity index (χ4v) is 5.11. The maximum absolute atomic E-state index is 13.0. The zero-order valence-electron chi connectivity index (χ0n) is 17.1. The molecular weight excluding hydrogens is 378 g/mol. The number of rotatable bonds is 5. The molecule has 0 amide bonds. The van der Waals surface area contributed by atoms with Crippen LogP contribution in [0.1, 0.15) is 35.1 Å². The number of benzene rings is 2. The van der Waals surface area contributed by atoms with Gasteiger partial charge in [-0.3, -0.25) is 0 Å². The van der Waals surface area contributed by atoms with Crippen LogP contribution in [0.3, 0.4) is 0 Å². The third-order valence-corrected chi connectivity index (χ3v) is 6.73. The van der Waals surface area contributed by atoms with Gasteiger partial charge < -0.3 is 4.55 Å². The van der Waals surface area contributed by atoms with E-state index in [9.17, 15) is 4.55 Å². The molecule has 2 aromatic carbocycles. The van der Waals surface area contributed by atoms with E-state index in [2.05, 4.69) is 78.7 Å². The number of aromatic nitrogens is 3. The van der Waals surface area contributed by atoms with Gasteiger partial charge in [-0.05, 0) is 54.5 Å². The third kappa shape index (κ3) is 4.07. The Morgan fingerprint density at radius 1 is 1.17 bits per heavy atom. The first-order chi connectivity index (χ1) is 14.0. The topological polar surface area (TPSA) is 55.6 Å². The average Bonchev–Trinajstić information content (AvgIpc) is 3.16. The van der Waals surface area contributed by atoms with Crippen molar-refractivity contribution in [3.63, 3.8) is 0 Å². The first-order valence-corrected chi connectivity index (χ1v) is 11.2. The first kappa shape index (κ1) is 19.7. The Labute approximate surface area is 175 Å². The van der Waals surface area contributed by atoms with Crippen LogP contribution < -0.4 is 4.57 Å². The molecule has 4 rings (SSSR count). The Bertz CT molecular complexity index is 1100. The van der Waals surface area contributed by atoms with Crippen molar-refractivity contribution in [1.29, 1.82) is 0 Å². The second kappa shape index (κ2) is 8.39. The molecule has 3 aromatic rings. The summed E-state index contributed by atoms with van der Waals surface area (Å²) in [6, 6.07) is 12.9. The van der Waals surface area contributed by atoms with Crippen LogP contribution in [0.4, 0.5) is 0 Å². The molecule has 0 saturated heterocycles. The fraction of sp³-hybridized carbons (Fsp3) is 0.250. The number of hydrogen-bond acceptors (Lipinski definition) is 2. The maximum Gasteiger partial charge on any atom is 0.481 e. The Kier molecular flexibility index (Phi) is 5.69. The summed E-state index contributed by atoms with van der Waals surface area (Å²) in [5.74, 6) is 0.431. The van der Waals surface area contributed by atoms with Crippen LogP contribution in [0, 0.1) is 13.8 Å². The Morgan fingerprint density at radius 2 is 2.03 bits per heavy atom. The molecule has 0 fully saturated rings. The normalized spacial score (nSPS) is 14.7. The third-order valence-electron chi connectivity index (χ3n) is 5.37. The fourth-order valence-electron chi connectivity index (χ4n) is 3.92. The molecule has 1 N–H and O–H groups in total. The van der Waals surface area contributed by atoms with Crippen molar-refractivity contribution < 1.29 is 9.12 Å². The van der Waals surface area contributed by atoms with E-state index in [0.717, 1.165) is 24.0 Å². The second-order valence-electron chi connectivity index (χ2n) is 7.57. The van der Waals surface area contributed by atoms with Crippen molar-refractivity contribution in [2.45, 2.75) is 37.6 Å². The summed E-state index contributed by atoms with van der Waals surface area (Å²) < 4.78 is 14.8. The average molecular weight is 405 g/mol. The van der Waals surface area contributed by atoms with Crippen molar-refractivity contribution in [3.8, 4) is 11.1 Å². The van der Waals surface area contributed by atoms with Gasteiger partial charge in [0.25, 0.3) is 0 Å². The monoisotopic (exact) mass is 404 g/mol. The summed E-state index contributed by atoms with van der Waals surface area (Å²) in [6.07, 6.45) is 10.4. The van der Waals surface area contributed by atoms with Crippen molar-refractivity contribution in [3.05, 3.63) is 83.2 Å². The molecule has 1 unspecified atom stereocenters. The van der Waals surface area contributed by atoms with Gasteiger partial charge in [0, 0.05) is 5.56 Å². The highest BCUT2D eigenvalue weighted by atomic mass is 32.2. The van der Waals surface area contributed by atoms with Crippen molar-refractivity contribution >= 4 is 16.7 Å². The van der Waals surface area contributed by atoms with Crippen LogP contribution in [0.25, 0.3) is 16.7 Å². The molecule has 4 nitrogen and oxygen atoms in total. The van der Waals surface area contributed by atoms with E-state index in [0.29, 0.717) is 10.9 Å². The van der Waals surface area contributed by atoms with E-state index in [-0.39, 0.29) is 0 Å². The molecule has 0 bridgehead atoms. The highest BCUT2D eigenvalue weighted by Crippen LogP contribution is 2.37. The Balaban J connectivity index is 1.81. The summed E-state index contributed by atoms with van der Waals surface area (Å²) in [5, 5.41) is 7.50. The smallest absolute Gasteiger partial charge is 0.481 e. The molecule has 1 aliphatic carbocycles. The predicted octanol–water partition coefficient (Wildman–Crippen LogP) is 4.56. The minimum Gasteiger partial charge on any atom is -0.606 e. The Morgan fingerprint density at radius 3 is 2.76 bits per heavy atom. The lowest BCUT2D eigenvalue weighted by atomic mass is 9.86. The molecule has 0 spiro atoms.